The van der Waals surface area contributed by atoms with Gasteiger partial charge in [0.2, 0.25) is 0 Å². The molecule has 0 bridgehead atoms. The summed E-state index contributed by atoms with van der Waals surface area (Å²) in [6.45, 7) is -0.255. The van der Waals surface area contributed by atoms with Crippen LogP contribution in [0.5, 0.6) is 0 Å². The summed E-state index contributed by atoms with van der Waals surface area (Å²) in [5.41, 5.74) is -2.02. The van der Waals surface area contributed by atoms with Crippen LogP contribution in [-0.4, -0.2) is 22.9 Å². The molecule has 1 rings (SSSR count). The number of aliphatic hydroxyl groups is 1. The number of aliphatic hydroxyl groups excluding tert-OH is 1. The van der Waals surface area contributed by atoms with Gasteiger partial charge in [0, 0.05) is 6.42 Å². The lowest BCUT2D eigenvalue weighted by Gasteiger charge is -2.23. The van der Waals surface area contributed by atoms with E-state index in [1.807, 2.05) is 0 Å². The number of hydrogen-bond acceptors (Lipinski definition) is 2. The van der Waals surface area contributed by atoms with Gasteiger partial charge in [0.05, 0.1) is 6.61 Å². The maximum atomic E-state index is 9.04. The maximum absolute atomic E-state index is 9.04. The molecule has 1 fully saturated rings. The van der Waals surface area contributed by atoms with E-state index in [4.69, 9.17) is 29.1 Å². The van der Waals surface area contributed by atoms with Crippen molar-refractivity contribution < 1.29 is 9.84 Å². The van der Waals surface area contributed by atoms with E-state index in [9.17, 15) is 0 Å². The molecule has 0 aromatic rings. The Hall–Kier alpha value is -1.40. The van der Waals surface area contributed by atoms with E-state index >= 15 is 0 Å². The summed E-state index contributed by atoms with van der Waals surface area (Å²) in [4.78, 5) is 0. The Bertz CT molecular complexity index is 309. The molecule has 0 spiro atoms. The minimum Gasteiger partial charge on any atom is -0.392 e. The lowest BCUT2D eigenvalue weighted by molar-refractivity contribution is -0.0411. The van der Waals surface area contributed by atoms with Crippen LogP contribution in [0.4, 0.5) is 0 Å². The van der Waals surface area contributed by atoms with Crippen LogP contribution >= 0.6 is 0 Å². The molecule has 1 N–H and O–H groups in total. The summed E-state index contributed by atoms with van der Waals surface area (Å²) < 4.78 is 5.38. The van der Waals surface area contributed by atoms with Crippen LogP contribution in [0.15, 0.2) is 0 Å². The number of rotatable bonds is 1. The molecular formula is C11H10O2. The first-order chi connectivity index (χ1) is 6.16. The van der Waals surface area contributed by atoms with E-state index in [0.717, 1.165) is 0 Å². The van der Waals surface area contributed by atoms with Crippen molar-refractivity contribution >= 4 is 0 Å². The topological polar surface area (TPSA) is 29.5 Å². The number of terminal acetylenes is 3. The third-order valence-corrected chi connectivity index (χ3v) is 2.24. The first-order valence-corrected chi connectivity index (χ1v) is 3.90. The van der Waals surface area contributed by atoms with E-state index in [1.165, 1.54) is 0 Å². The average Bonchev–Trinajstić information content (AvgIpc) is 2.59. The van der Waals surface area contributed by atoms with Gasteiger partial charge in [0.25, 0.3) is 0 Å². The van der Waals surface area contributed by atoms with E-state index in [-0.39, 0.29) is 6.61 Å². The predicted octanol–water partition coefficient (Wildman–Crippen LogP) is 0.166. The highest BCUT2D eigenvalue weighted by Crippen LogP contribution is 2.36. The predicted molar refractivity (Wildman–Crippen MR) is 49.4 cm³/mol. The number of ether oxygens (including phenoxy) is 1. The normalized spacial score (nSPS) is 30.0. The zero-order chi connectivity index (χ0) is 9.95. The van der Waals surface area contributed by atoms with Gasteiger partial charge in [-0.15, -0.1) is 19.3 Å². The van der Waals surface area contributed by atoms with Crippen molar-refractivity contribution in [3.8, 4) is 37.0 Å². The molecule has 0 radical (unpaired) electrons. The van der Waals surface area contributed by atoms with E-state index in [1.54, 1.807) is 0 Å². The van der Waals surface area contributed by atoms with E-state index in [0.29, 0.717) is 12.8 Å². The van der Waals surface area contributed by atoms with Crippen molar-refractivity contribution in [3.05, 3.63) is 0 Å². The Morgan fingerprint density at radius 2 is 1.77 bits per heavy atom. The second-order valence-electron chi connectivity index (χ2n) is 3.01. The lowest BCUT2D eigenvalue weighted by Crippen LogP contribution is -2.35. The molecule has 1 heterocycles. The molecule has 1 saturated heterocycles. The van der Waals surface area contributed by atoms with Crippen LogP contribution in [0.25, 0.3) is 0 Å². The van der Waals surface area contributed by atoms with Crippen LogP contribution in [0, 0.1) is 37.0 Å². The highest BCUT2D eigenvalue weighted by molar-refractivity contribution is 5.31. The Morgan fingerprint density at radius 1 is 1.15 bits per heavy atom. The lowest BCUT2D eigenvalue weighted by atomic mass is 9.98. The molecular weight excluding hydrogens is 164 g/mol. The summed E-state index contributed by atoms with van der Waals surface area (Å²) in [6.07, 6.45) is 16.7. The van der Waals surface area contributed by atoms with Crippen molar-refractivity contribution in [2.75, 3.05) is 6.61 Å². The number of hydrogen-bond donors (Lipinski definition) is 1. The minimum absolute atomic E-state index is 0.255. The van der Waals surface area contributed by atoms with E-state index in [2.05, 4.69) is 17.8 Å². The Kier molecular flexibility index (Phi) is 2.35. The molecule has 13 heavy (non-hydrogen) atoms. The van der Waals surface area contributed by atoms with Gasteiger partial charge in [-0.3, -0.25) is 0 Å². The van der Waals surface area contributed by atoms with Gasteiger partial charge in [-0.2, -0.15) is 0 Å². The summed E-state index contributed by atoms with van der Waals surface area (Å²) in [7, 11) is 0. The fourth-order valence-corrected chi connectivity index (χ4v) is 1.32. The standard InChI is InChI=1S/C11H10O2/c1-4-10(5-2)7-8-11(6-3,9-12)13-10/h1-3,12H,7-9H2. The molecule has 0 amide bonds. The first kappa shape index (κ1) is 9.69. The van der Waals surface area contributed by atoms with Crippen LogP contribution in [0.3, 0.4) is 0 Å². The van der Waals surface area contributed by atoms with Gasteiger partial charge < -0.3 is 9.84 Å². The SMILES string of the molecule is C#CC1(C#C)CCC(C#C)(CO)O1. The highest BCUT2D eigenvalue weighted by Gasteiger charge is 2.46. The fourth-order valence-electron chi connectivity index (χ4n) is 1.32. The summed E-state index contributed by atoms with van der Waals surface area (Å²) >= 11 is 0. The first-order valence-electron chi connectivity index (χ1n) is 3.90. The summed E-state index contributed by atoms with van der Waals surface area (Å²) in [5.74, 6) is 7.16. The Morgan fingerprint density at radius 3 is 2.00 bits per heavy atom. The average molecular weight is 174 g/mol. The monoisotopic (exact) mass is 174 g/mol. The molecule has 2 nitrogen and oxygen atoms in total. The molecule has 0 aliphatic carbocycles. The molecule has 1 aliphatic rings. The smallest absolute Gasteiger partial charge is 0.191 e. The molecule has 1 unspecified atom stereocenters. The Balaban J connectivity index is 2.93. The molecule has 1 aliphatic heterocycles. The summed E-state index contributed by atoms with van der Waals surface area (Å²) in [5, 5.41) is 9.04. The highest BCUT2D eigenvalue weighted by atomic mass is 16.5. The van der Waals surface area contributed by atoms with E-state index < -0.39 is 11.2 Å². The van der Waals surface area contributed by atoms with Gasteiger partial charge in [-0.1, -0.05) is 17.8 Å². The summed E-state index contributed by atoms with van der Waals surface area (Å²) in [6, 6.07) is 0. The van der Waals surface area contributed by atoms with Gasteiger partial charge in [-0.25, -0.2) is 0 Å². The van der Waals surface area contributed by atoms with Crippen molar-refractivity contribution in [3.63, 3.8) is 0 Å². The second-order valence-corrected chi connectivity index (χ2v) is 3.01. The van der Waals surface area contributed by atoms with Crippen molar-refractivity contribution in [2.45, 2.75) is 24.0 Å². The third-order valence-electron chi connectivity index (χ3n) is 2.24. The zero-order valence-corrected chi connectivity index (χ0v) is 7.21. The largest absolute Gasteiger partial charge is 0.392 e. The van der Waals surface area contributed by atoms with Crippen LogP contribution < -0.4 is 0 Å². The molecule has 0 aromatic heterocycles. The molecule has 0 saturated carbocycles. The van der Waals surface area contributed by atoms with Crippen molar-refractivity contribution in [1.29, 1.82) is 0 Å². The van der Waals surface area contributed by atoms with Crippen LogP contribution in [0.1, 0.15) is 12.8 Å². The quantitative estimate of drug-likeness (QED) is 0.574. The molecule has 2 heteroatoms. The molecule has 66 valence electrons. The van der Waals surface area contributed by atoms with Gasteiger partial charge >= 0.3 is 0 Å². The van der Waals surface area contributed by atoms with Crippen LogP contribution in [-0.2, 0) is 4.74 Å². The zero-order valence-electron chi connectivity index (χ0n) is 7.21. The van der Waals surface area contributed by atoms with Crippen LogP contribution in [0.2, 0.25) is 0 Å². The van der Waals surface area contributed by atoms with Gasteiger partial charge in [0.1, 0.15) is 0 Å². The maximum Gasteiger partial charge on any atom is 0.191 e. The fraction of sp³-hybridized carbons (Fsp3) is 0.455. The molecule has 0 aromatic carbocycles. The van der Waals surface area contributed by atoms with Crippen molar-refractivity contribution in [1.82, 2.24) is 0 Å². The third kappa shape index (κ3) is 1.41. The minimum atomic E-state index is -1.03. The molecule has 1 atom stereocenters. The van der Waals surface area contributed by atoms with Crippen molar-refractivity contribution in [2.24, 2.45) is 0 Å². The Labute approximate surface area is 78.3 Å². The van der Waals surface area contributed by atoms with Gasteiger partial charge in [-0.05, 0) is 6.42 Å². The second kappa shape index (κ2) is 3.15. The van der Waals surface area contributed by atoms with Gasteiger partial charge in [0.15, 0.2) is 11.2 Å².